The maximum absolute atomic E-state index is 13.0. The van der Waals surface area contributed by atoms with E-state index in [1.807, 2.05) is 35.4 Å². The highest BCUT2D eigenvalue weighted by atomic mass is 32.1. The molecular weight excluding hydrogens is 418 g/mol. The van der Waals surface area contributed by atoms with Gasteiger partial charge in [0.2, 0.25) is 5.91 Å². The molecule has 6 heteroatoms. The van der Waals surface area contributed by atoms with Crippen LogP contribution in [-0.2, 0) is 17.6 Å². The molecule has 0 atom stereocenters. The number of ether oxygens (including phenoxy) is 1. The number of carbonyl (C=O) groups is 1. The van der Waals surface area contributed by atoms with E-state index in [1.165, 1.54) is 5.56 Å². The first kappa shape index (κ1) is 20.8. The summed E-state index contributed by atoms with van der Waals surface area (Å²) in [5.41, 5.74) is 4.36. The zero-order valence-electron chi connectivity index (χ0n) is 18.2. The van der Waals surface area contributed by atoms with Crippen LogP contribution in [0.15, 0.2) is 66.2 Å². The summed E-state index contributed by atoms with van der Waals surface area (Å²) in [6, 6.07) is 18.6. The third-order valence-corrected chi connectivity index (χ3v) is 7.22. The smallest absolute Gasteiger partial charge is 0.228 e. The monoisotopic (exact) mass is 445 g/mol. The van der Waals surface area contributed by atoms with Gasteiger partial charge in [0.1, 0.15) is 5.75 Å². The van der Waals surface area contributed by atoms with Crippen LogP contribution in [0, 0.1) is 5.92 Å². The van der Waals surface area contributed by atoms with E-state index in [-0.39, 0.29) is 5.91 Å². The van der Waals surface area contributed by atoms with Crippen molar-refractivity contribution in [2.24, 2.45) is 5.92 Å². The number of aromatic nitrogens is 2. The number of rotatable bonds is 6. The lowest BCUT2D eigenvalue weighted by Gasteiger charge is -2.32. The summed E-state index contributed by atoms with van der Waals surface area (Å²) in [7, 11) is 1.66. The Hall–Kier alpha value is -3.12. The second kappa shape index (κ2) is 9.17. The number of hydrogen-bond donors (Lipinski definition) is 0. The predicted molar refractivity (Wildman–Crippen MR) is 128 cm³/mol. The molecule has 0 aliphatic carbocycles. The molecule has 2 aromatic heterocycles. The topological polar surface area (TPSA) is 46.8 Å². The summed E-state index contributed by atoms with van der Waals surface area (Å²) in [4.78, 5) is 20.7. The van der Waals surface area contributed by atoms with Gasteiger partial charge in [-0.15, -0.1) is 11.3 Å². The van der Waals surface area contributed by atoms with Gasteiger partial charge in [0.15, 0.2) is 4.96 Å². The lowest BCUT2D eigenvalue weighted by Crippen LogP contribution is -2.39. The van der Waals surface area contributed by atoms with E-state index in [9.17, 15) is 4.79 Å². The second-order valence-electron chi connectivity index (χ2n) is 8.42. The van der Waals surface area contributed by atoms with Gasteiger partial charge in [-0.1, -0.05) is 30.3 Å². The van der Waals surface area contributed by atoms with Gasteiger partial charge in [-0.25, -0.2) is 4.98 Å². The molecule has 1 amide bonds. The maximum Gasteiger partial charge on any atom is 0.228 e. The van der Waals surface area contributed by atoms with E-state index < -0.39 is 0 Å². The molecule has 164 valence electrons. The molecule has 3 heterocycles. The maximum atomic E-state index is 13.0. The summed E-state index contributed by atoms with van der Waals surface area (Å²) in [5.74, 6) is 1.70. The van der Waals surface area contributed by atoms with Crippen LogP contribution in [0.2, 0.25) is 0 Å². The van der Waals surface area contributed by atoms with Gasteiger partial charge in [-0.2, -0.15) is 0 Å². The number of hydrogen-bond acceptors (Lipinski definition) is 4. The van der Waals surface area contributed by atoms with Crippen LogP contribution in [0.1, 0.15) is 24.1 Å². The number of likely N-dealkylation sites (tertiary alicyclic amines) is 1. The van der Waals surface area contributed by atoms with Crippen LogP contribution >= 0.6 is 11.3 Å². The summed E-state index contributed by atoms with van der Waals surface area (Å²) in [5, 5.41) is 2.06. The van der Waals surface area contributed by atoms with Crippen LogP contribution in [0.5, 0.6) is 5.75 Å². The quantitative estimate of drug-likeness (QED) is 0.415. The van der Waals surface area contributed by atoms with Gasteiger partial charge >= 0.3 is 0 Å². The Morgan fingerprint density at radius 2 is 1.84 bits per heavy atom. The van der Waals surface area contributed by atoms with Crippen molar-refractivity contribution in [2.45, 2.75) is 25.7 Å². The second-order valence-corrected chi connectivity index (χ2v) is 9.26. The fourth-order valence-corrected chi connectivity index (χ4v) is 5.33. The molecule has 2 aromatic carbocycles. The Morgan fingerprint density at radius 3 is 2.56 bits per heavy atom. The Balaban J connectivity index is 1.22. The fraction of sp³-hybridized carbons (Fsp3) is 0.308. The third-order valence-electron chi connectivity index (χ3n) is 6.34. The Kier molecular flexibility index (Phi) is 5.95. The van der Waals surface area contributed by atoms with E-state index >= 15 is 0 Å². The number of fused-ring (bicyclic) bond motifs is 1. The Bertz CT molecular complexity index is 1190. The lowest BCUT2D eigenvalue weighted by molar-refractivity contribution is -0.131. The number of amides is 1. The van der Waals surface area contributed by atoms with Crippen molar-refractivity contribution in [1.29, 1.82) is 0 Å². The van der Waals surface area contributed by atoms with Crippen molar-refractivity contribution in [3.8, 4) is 17.0 Å². The molecule has 0 N–H and O–H groups in total. The summed E-state index contributed by atoms with van der Waals surface area (Å²) < 4.78 is 7.30. The van der Waals surface area contributed by atoms with Crippen LogP contribution in [0.3, 0.4) is 0 Å². The van der Waals surface area contributed by atoms with Crippen LogP contribution in [0.25, 0.3) is 16.2 Å². The molecule has 0 spiro atoms. The number of benzene rings is 2. The molecule has 5 rings (SSSR count). The Labute approximate surface area is 192 Å². The highest BCUT2D eigenvalue weighted by Crippen LogP contribution is 2.27. The number of thiazole rings is 1. The minimum absolute atomic E-state index is 0.211. The van der Waals surface area contributed by atoms with Gasteiger partial charge in [0.25, 0.3) is 0 Å². The van der Waals surface area contributed by atoms with Crippen molar-refractivity contribution in [3.63, 3.8) is 0 Å². The Morgan fingerprint density at radius 1 is 1.09 bits per heavy atom. The first-order valence-electron chi connectivity index (χ1n) is 11.1. The average molecular weight is 446 g/mol. The van der Waals surface area contributed by atoms with Gasteiger partial charge in [0, 0.05) is 35.9 Å². The molecule has 0 saturated carbocycles. The molecule has 4 aromatic rings. The number of methoxy groups -OCH3 is 1. The minimum Gasteiger partial charge on any atom is -0.497 e. The molecule has 32 heavy (non-hydrogen) atoms. The number of carbonyl (C=O) groups excluding carboxylic acids is 1. The summed E-state index contributed by atoms with van der Waals surface area (Å²) >= 11 is 1.58. The van der Waals surface area contributed by atoms with Crippen molar-refractivity contribution >= 4 is 22.2 Å². The third kappa shape index (κ3) is 4.41. The highest BCUT2D eigenvalue weighted by molar-refractivity contribution is 7.15. The molecular formula is C26H27N3O2S. The molecule has 0 bridgehead atoms. The first-order valence-corrected chi connectivity index (χ1v) is 12.0. The predicted octanol–water partition coefficient (Wildman–Crippen LogP) is 5.10. The largest absolute Gasteiger partial charge is 0.497 e. The zero-order valence-corrected chi connectivity index (χ0v) is 19.1. The average Bonchev–Trinajstić information content (AvgIpc) is 3.42. The molecule has 1 aliphatic rings. The van der Waals surface area contributed by atoms with Crippen LogP contribution < -0.4 is 4.74 Å². The number of imidazole rings is 1. The molecule has 1 fully saturated rings. The van der Waals surface area contributed by atoms with E-state index in [1.54, 1.807) is 18.4 Å². The molecule has 0 radical (unpaired) electrons. The molecule has 1 aliphatic heterocycles. The van der Waals surface area contributed by atoms with E-state index in [4.69, 9.17) is 9.72 Å². The lowest BCUT2D eigenvalue weighted by atomic mass is 9.90. The van der Waals surface area contributed by atoms with Gasteiger partial charge in [0.05, 0.1) is 19.2 Å². The fourth-order valence-electron chi connectivity index (χ4n) is 4.46. The van der Waals surface area contributed by atoms with Gasteiger partial charge in [-0.05, 0) is 55.0 Å². The molecule has 0 unspecified atom stereocenters. The number of nitrogens with zero attached hydrogens (tertiary/aromatic N) is 3. The minimum atomic E-state index is 0.211. The summed E-state index contributed by atoms with van der Waals surface area (Å²) in [6.07, 6.45) is 5.71. The first-order chi connectivity index (χ1) is 15.7. The highest BCUT2D eigenvalue weighted by Gasteiger charge is 2.24. The van der Waals surface area contributed by atoms with Gasteiger partial charge < -0.3 is 9.64 Å². The SMILES string of the molecule is COc1ccc(-c2cn3c(CC(=O)N4CCC(Cc5ccccc5)CC4)csc3n2)cc1. The molecule has 5 nitrogen and oxygen atoms in total. The van der Waals surface area contributed by atoms with Crippen molar-refractivity contribution < 1.29 is 9.53 Å². The van der Waals surface area contributed by atoms with E-state index in [0.29, 0.717) is 12.3 Å². The van der Waals surface area contributed by atoms with E-state index in [0.717, 1.165) is 60.0 Å². The van der Waals surface area contributed by atoms with Crippen LogP contribution in [0.4, 0.5) is 0 Å². The summed E-state index contributed by atoms with van der Waals surface area (Å²) in [6.45, 7) is 1.70. The normalized spacial score (nSPS) is 14.7. The van der Waals surface area contributed by atoms with Crippen molar-refractivity contribution in [3.05, 3.63) is 77.4 Å². The molecule has 1 saturated heterocycles. The van der Waals surface area contributed by atoms with Crippen molar-refractivity contribution in [1.82, 2.24) is 14.3 Å². The van der Waals surface area contributed by atoms with Gasteiger partial charge in [-0.3, -0.25) is 9.20 Å². The van der Waals surface area contributed by atoms with E-state index in [2.05, 4.69) is 40.1 Å². The standard InChI is InChI=1S/C26H27N3O2S/c1-31-23-9-7-21(8-10-23)24-17-29-22(18-32-26(29)27-24)16-25(30)28-13-11-20(12-14-28)15-19-5-3-2-4-6-19/h2-10,17-18,20H,11-16H2,1H3. The van der Waals surface area contributed by atoms with Crippen LogP contribution in [-0.4, -0.2) is 40.4 Å². The van der Waals surface area contributed by atoms with Crippen molar-refractivity contribution in [2.75, 3.05) is 20.2 Å². The number of piperidine rings is 1. The zero-order chi connectivity index (χ0) is 21.9.